The number of amides is 2. The fraction of sp³-hybridized carbons (Fsp3) is 0.333. The fourth-order valence-corrected chi connectivity index (χ4v) is 2.21. The van der Waals surface area contributed by atoms with E-state index in [1.807, 2.05) is 30.3 Å². The van der Waals surface area contributed by atoms with Gasteiger partial charge in [-0.15, -0.1) is 0 Å². The van der Waals surface area contributed by atoms with Crippen LogP contribution < -0.4 is 10.6 Å². The molecular weight excluding hydrogens is 256 g/mol. The molecule has 106 valence electrons. The van der Waals surface area contributed by atoms with Crippen molar-refractivity contribution in [3.8, 4) is 0 Å². The van der Waals surface area contributed by atoms with Crippen LogP contribution in [0.25, 0.3) is 0 Å². The summed E-state index contributed by atoms with van der Waals surface area (Å²) in [5.74, 6) is -0.584. The Morgan fingerprint density at radius 3 is 2.80 bits per heavy atom. The summed E-state index contributed by atoms with van der Waals surface area (Å²) < 4.78 is 5.68. The Morgan fingerprint density at radius 1 is 1.35 bits per heavy atom. The Labute approximate surface area is 118 Å². The van der Waals surface area contributed by atoms with Crippen LogP contribution in [0.1, 0.15) is 18.1 Å². The topological polar surface area (TPSA) is 67.4 Å². The zero-order chi connectivity index (χ0) is 14.4. The van der Waals surface area contributed by atoms with Crippen LogP contribution in [0.2, 0.25) is 0 Å². The third-order valence-corrected chi connectivity index (χ3v) is 3.17. The molecule has 5 nitrogen and oxygen atoms in total. The van der Waals surface area contributed by atoms with E-state index in [1.165, 1.54) is 0 Å². The van der Waals surface area contributed by atoms with Crippen molar-refractivity contribution in [3.63, 3.8) is 0 Å². The number of hydrogen-bond acceptors (Lipinski definition) is 3. The van der Waals surface area contributed by atoms with Crippen LogP contribution in [0, 0.1) is 0 Å². The molecule has 0 aromatic heterocycles. The summed E-state index contributed by atoms with van der Waals surface area (Å²) in [4.78, 5) is 22.8. The van der Waals surface area contributed by atoms with Gasteiger partial charge in [0.2, 0.25) is 11.8 Å². The van der Waals surface area contributed by atoms with Gasteiger partial charge in [0.25, 0.3) is 0 Å². The largest absolute Gasteiger partial charge is 0.371 e. The van der Waals surface area contributed by atoms with E-state index in [2.05, 4.69) is 17.2 Å². The van der Waals surface area contributed by atoms with Crippen LogP contribution in [0.4, 0.5) is 0 Å². The fourth-order valence-electron chi connectivity index (χ4n) is 2.21. The van der Waals surface area contributed by atoms with E-state index in [1.54, 1.807) is 0 Å². The van der Waals surface area contributed by atoms with Gasteiger partial charge in [-0.3, -0.25) is 9.59 Å². The van der Waals surface area contributed by atoms with Crippen molar-refractivity contribution in [2.75, 3.05) is 13.2 Å². The van der Waals surface area contributed by atoms with E-state index >= 15 is 0 Å². The highest BCUT2D eigenvalue weighted by molar-refractivity contribution is 5.90. The van der Waals surface area contributed by atoms with Crippen LogP contribution in [0.3, 0.4) is 0 Å². The first-order valence-corrected chi connectivity index (χ1v) is 6.57. The molecule has 0 radical (unpaired) electrons. The minimum atomic E-state index is -0.359. The first-order valence-electron chi connectivity index (χ1n) is 6.57. The number of rotatable bonds is 5. The molecule has 0 aliphatic carbocycles. The Kier molecular flexibility index (Phi) is 4.90. The summed E-state index contributed by atoms with van der Waals surface area (Å²) in [5.41, 5.74) is 1.05. The zero-order valence-electron chi connectivity index (χ0n) is 11.2. The number of carbonyl (C=O) groups is 2. The van der Waals surface area contributed by atoms with Crippen molar-refractivity contribution in [1.82, 2.24) is 10.6 Å². The van der Waals surface area contributed by atoms with Crippen LogP contribution in [-0.4, -0.2) is 31.0 Å². The molecule has 0 bridgehead atoms. The average Bonchev–Trinajstić information content (AvgIpc) is 2.93. The third-order valence-electron chi connectivity index (χ3n) is 3.17. The predicted octanol–water partition coefficient (Wildman–Crippen LogP) is 0.935. The average molecular weight is 274 g/mol. The number of hydrogen-bond donors (Lipinski definition) is 2. The highest BCUT2D eigenvalue weighted by atomic mass is 16.5. The second-order valence-corrected chi connectivity index (χ2v) is 4.59. The second kappa shape index (κ2) is 6.86. The van der Waals surface area contributed by atoms with E-state index in [9.17, 15) is 9.59 Å². The minimum absolute atomic E-state index is 0.0527. The molecule has 1 aliphatic rings. The maximum atomic E-state index is 11.8. The Balaban J connectivity index is 1.90. The molecule has 1 aliphatic heterocycles. The molecule has 2 amide bonds. The lowest BCUT2D eigenvalue weighted by atomic mass is 10.0. The smallest absolute Gasteiger partial charge is 0.243 e. The van der Waals surface area contributed by atoms with Gasteiger partial charge in [-0.05, 0) is 18.1 Å². The van der Waals surface area contributed by atoms with Crippen molar-refractivity contribution in [3.05, 3.63) is 48.6 Å². The Bertz CT molecular complexity index is 487. The van der Waals surface area contributed by atoms with E-state index in [-0.39, 0.29) is 30.5 Å². The van der Waals surface area contributed by atoms with Crippen LogP contribution in [0.5, 0.6) is 0 Å². The second-order valence-electron chi connectivity index (χ2n) is 4.59. The van der Waals surface area contributed by atoms with Gasteiger partial charge < -0.3 is 15.4 Å². The molecule has 0 saturated carbocycles. The highest BCUT2D eigenvalue weighted by Gasteiger charge is 2.30. The van der Waals surface area contributed by atoms with Crippen LogP contribution in [-0.2, 0) is 14.3 Å². The minimum Gasteiger partial charge on any atom is -0.371 e. The number of carbonyl (C=O) groups excluding carboxylic acids is 2. The van der Waals surface area contributed by atoms with E-state index in [4.69, 9.17) is 4.74 Å². The number of benzene rings is 1. The SMILES string of the molecule is C=CC(=O)NCC(=O)N[C@@H]1CCO[C@H]1c1ccccc1. The van der Waals surface area contributed by atoms with Crippen LogP contribution >= 0.6 is 0 Å². The lowest BCUT2D eigenvalue weighted by Gasteiger charge is -2.20. The summed E-state index contributed by atoms with van der Waals surface area (Å²) in [6, 6.07) is 9.73. The zero-order valence-corrected chi connectivity index (χ0v) is 11.2. The predicted molar refractivity (Wildman–Crippen MR) is 74.9 cm³/mol. The molecule has 1 heterocycles. The molecule has 1 saturated heterocycles. The summed E-state index contributed by atoms with van der Waals surface area (Å²) in [7, 11) is 0. The summed E-state index contributed by atoms with van der Waals surface area (Å²) >= 11 is 0. The molecule has 2 atom stereocenters. The van der Waals surface area contributed by atoms with Crippen LogP contribution in [0.15, 0.2) is 43.0 Å². The van der Waals surface area contributed by atoms with Gasteiger partial charge in [-0.2, -0.15) is 0 Å². The Morgan fingerprint density at radius 2 is 2.10 bits per heavy atom. The summed E-state index contributed by atoms with van der Waals surface area (Å²) in [6.45, 7) is 3.89. The molecule has 0 spiro atoms. The van der Waals surface area contributed by atoms with Crippen molar-refractivity contribution in [2.24, 2.45) is 0 Å². The first-order chi connectivity index (χ1) is 9.70. The van der Waals surface area contributed by atoms with Crippen molar-refractivity contribution in [1.29, 1.82) is 0 Å². The van der Waals surface area contributed by atoms with Gasteiger partial charge in [-0.25, -0.2) is 0 Å². The molecular formula is C15H18N2O3. The standard InChI is InChI=1S/C15H18N2O3/c1-2-13(18)16-10-14(19)17-12-8-9-20-15(12)11-6-4-3-5-7-11/h2-7,12,15H,1,8-10H2,(H,16,18)(H,17,19)/t12-,15+/m1/s1. The lowest BCUT2D eigenvalue weighted by Crippen LogP contribution is -2.42. The van der Waals surface area contributed by atoms with Crippen molar-refractivity contribution < 1.29 is 14.3 Å². The molecule has 5 heteroatoms. The maximum absolute atomic E-state index is 11.8. The first kappa shape index (κ1) is 14.3. The number of ether oxygens (including phenoxy) is 1. The highest BCUT2D eigenvalue weighted by Crippen LogP contribution is 2.28. The quantitative estimate of drug-likeness (QED) is 0.785. The monoisotopic (exact) mass is 274 g/mol. The van der Waals surface area contributed by atoms with Crippen molar-refractivity contribution in [2.45, 2.75) is 18.6 Å². The van der Waals surface area contributed by atoms with Gasteiger partial charge >= 0.3 is 0 Å². The molecule has 0 unspecified atom stereocenters. The molecule has 1 fully saturated rings. The van der Waals surface area contributed by atoms with Gasteiger partial charge in [0.05, 0.1) is 12.6 Å². The van der Waals surface area contributed by atoms with Gasteiger partial charge in [0.1, 0.15) is 6.10 Å². The Hall–Kier alpha value is -2.14. The molecule has 20 heavy (non-hydrogen) atoms. The van der Waals surface area contributed by atoms with Gasteiger partial charge in [0, 0.05) is 6.61 Å². The maximum Gasteiger partial charge on any atom is 0.243 e. The van der Waals surface area contributed by atoms with Gasteiger partial charge in [-0.1, -0.05) is 36.9 Å². The third kappa shape index (κ3) is 3.68. The van der Waals surface area contributed by atoms with E-state index in [0.717, 1.165) is 18.1 Å². The molecule has 1 aromatic carbocycles. The van der Waals surface area contributed by atoms with Crippen molar-refractivity contribution >= 4 is 11.8 Å². The lowest BCUT2D eigenvalue weighted by molar-refractivity contribution is -0.124. The molecule has 2 rings (SSSR count). The van der Waals surface area contributed by atoms with E-state index in [0.29, 0.717) is 6.61 Å². The summed E-state index contributed by atoms with van der Waals surface area (Å²) in [6.07, 6.45) is 1.77. The number of nitrogens with one attached hydrogen (secondary N) is 2. The summed E-state index contributed by atoms with van der Waals surface area (Å²) in [5, 5.41) is 5.34. The normalized spacial score (nSPS) is 21.2. The molecule has 2 N–H and O–H groups in total. The molecule has 1 aromatic rings. The van der Waals surface area contributed by atoms with E-state index < -0.39 is 0 Å². The van der Waals surface area contributed by atoms with Gasteiger partial charge in [0.15, 0.2) is 0 Å².